The number of aromatic nitrogens is 2. The minimum Gasteiger partial charge on any atom is -0.464 e. The second-order valence-electron chi connectivity index (χ2n) is 4.28. The minimum atomic E-state index is -3.88. The minimum absolute atomic E-state index is 0.0613. The number of methoxy groups -OCH3 is 1. The number of anilines is 1. The van der Waals surface area contributed by atoms with Crippen molar-refractivity contribution in [1.29, 1.82) is 0 Å². The lowest BCUT2D eigenvalue weighted by atomic mass is 10.3. The number of primary sulfonamides is 1. The number of ether oxygens (including phenoxy) is 1. The topological polar surface area (TPSA) is 133 Å². The van der Waals surface area contributed by atoms with E-state index in [0.29, 0.717) is 0 Å². The standard InChI is InChI=1S/C10H11ClN4O5S/c1-20-10(17)8-9(13-3-6(11)14-8)15-4-5(2-7(15)16)21(12,18)19/h3,5H,2,4H2,1H3,(H2,12,18,19). The third-order valence-corrected chi connectivity index (χ3v) is 4.34. The van der Waals surface area contributed by atoms with E-state index in [1.807, 2.05) is 0 Å². The van der Waals surface area contributed by atoms with Crippen LogP contribution in [0, 0.1) is 0 Å². The Bertz CT molecular complexity index is 707. The third kappa shape index (κ3) is 3.12. The summed E-state index contributed by atoms with van der Waals surface area (Å²) in [6, 6.07) is 0. The van der Waals surface area contributed by atoms with E-state index in [2.05, 4.69) is 14.7 Å². The van der Waals surface area contributed by atoms with Gasteiger partial charge in [-0.05, 0) is 0 Å². The Balaban J connectivity index is 2.43. The number of amides is 1. The van der Waals surface area contributed by atoms with Crippen molar-refractivity contribution >= 4 is 39.3 Å². The molecular weight excluding hydrogens is 324 g/mol. The van der Waals surface area contributed by atoms with Crippen LogP contribution in [0.5, 0.6) is 0 Å². The molecule has 1 amide bonds. The SMILES string of the molecule is COC(=O)c1nc(Cl)cnc1N1CC(S(N)(=O)=O)CC1=O. The molecule has 1 aromatic rings. The number of rotatable bonds is 3. The zero-order valence-corrected chi connectivity index (χ0v) is 12.4. The van der Waals surface area contributed by atoms with Gasteiger partial charge in [-0.1, -0.05) is 11.6 Å². The van der Waals surface area contributed by atoms with Crippen LogP contribution in [0.15, 0.2) is 6.20 Å². The van der Waals surface area contributed by atoms with Crippen LogP contribution in [0.2, 0.25) is 5.15 Å². The zero-order chi connectivity index (χ0) is 15.8. The van der Waals surface area contributed by atoms with E-state index in [1.54, 1.807) is 0 Å². The highest BCUT2D eigenvalue weighted by Crippen LogP contribution is 2.26. The maximum absolute atomic E-state index is 11.9. The molecule has 1 saturated heterocycles. The van der Waals surface area contributed by atoms with Gasteiger partial charge in [0.05, 0.1) is 13.3 Å². The van der Waals surface area contributed by atoms with Crippen LogP contribution >= 0.6 is 11.6 Å². The molecule has 0 aromatic carbocycles. The second-order valence-corrected chi connectivity index (χ2v) is 6.51. The Labute approximate surface area is 125 Å². The average Bonchev–Trinajstić information content (AvgIpc) is 2.80. The first-order valence-corrected chi connectivity index (χ1v) is 7.65. The third-order valence-electron chi connectivity index (χ3n) is 2.91. The molecule has 2 rings (SSSR count). The van der Waals surface area contributed by atoms with E-state index in [9.17, 15) is 18.0 Å². The molecule has 11 heteroatoms. The normalized spacial score (nSPS) is 18.9. The van der Waals surface area contributed by atoms with Crippen LogP contribution < -0.4 is 10.0 Å². The van der Waals surface area contributed by atoms with Gasteiger partial charge in [-0.2, -0.15) is 0 Å². The summed E-state index contributed by atoms with van der Waals surface area (Å²) in [7, 11) is -2.74. The molecule has 0 aliphatic carbocycles. The van der Waals surface area contributed by atoms with E-state index in [-0.39, 0.29) is 29.6 Å². The molecule has 1 atom stereocenters. The van der Waals surface area contributed by atoms with Crippen LogP contribution in [0.25, 0.3) is 0 Å². The fraction of sp³-hybridized carbons (Fsp3) is 0.400. The summed E-state index contributed by atoms with van der Waals surface area (Å²) in [4.78, 5) is 32.3. The van der Waals surface area contributed by atoms with Crippen LogP contribution in [0.3, 0.4) is 0 Å². The largest absolute Gasteiger partial charge is 0.464 e. The molecule has 2 heterocycles. The van der Waals surface area contributed by atoms with Gasteiger partial charge in [0.15, 0.2) is 11.5 Å². The Morgan fingerprint density at radius 2 is 2.24 bits per heavy atom. The lowest BCUT2D eigenvalue weighted by Crippen LogP contribution is -2.33. The Morgan fingerprint density at radius 3 is 2.76 bits per heavy atom. The summed E-state index contributed by atoms with van der Waals surface area (Å²) in [5.41, 5.74) is -0.270. The molecular formula is C10H11ClN4O5S. The monoisotopic (exact) mass is 334 g/mol. The molecule has 1 aliphatic rings. The van der Waals surface area contributed by atoms with Crippen molar-refractivity contribution in [1.82, 2.24) is 9.97 Å². The van der Waals surface area contributed by atoms with Crippen LogP contribution in [0.4, 0.5) is 5.82 Å². The van der Waals surface area contributed by atoms with Crippen molar-refractivity contribution in [2.45, 2.75) is 11.7 Å². The number of hydrogen-bond donors (Lipinski definition) is 1. The van der Waals surface area contributed by atoms with Gasteiger partial charge in [-0.15, -0.1) is 0 Å². The highest BCUT2D eigenvalue weighted by Gasteiger charge is 2.39. The van der Waals surface area contributed by atoms with Crippen molar-refractivity contribution in [3.05, 3.63) is 17.0 Å². The summed E-state index contributed by atoms with van der Waals surface area (Å²) >= 11 is 5.66. The van der Waals surface area contributed by atoms with Gasteiger partial charge in [0.2, 0.25) is 15.9 Å². The highest BCUT2D eigenvalue weighted by atomic mass is 35.5. The molecule has 21 heavy (non-hydrogen) atoms. The lowest BCUT2D eigenvalue weighted by molar-refractivity contribution is -0.117. The first-order chi connectivity index (χ1) is 9.74. The first kappa shape index (κ1) is 15.6. The Kier molecular flexibility index (Phi) is 4.12. The number of carbonyl (C=O) groups excluding carboxylic acids is 2. The van der Waals surface area contributed by atoms with E-state index >= 15 is 0 Å². The van der Waals surface area contributed by atoms with Gasteiger partial charge in [-0.3, -0.25) is 9.69 Å². The Morgan fingerprint density at radius 1 is 1.57 bits per heavy atom. The summed E-state index contributed by atoms with van der Waals surface area (Å²) in [6.07, 6.45) is 0.852. The van der Waals surface area contributed by atoms with Crippen molar-refractivity contribution in [2.75, 3.05) is 18.6 Å². The summed E-state index contributed by atoms with van der Waals surface area (Å²) in [5, 5.41) is 3.91. The number of hydrogen-bond acceptors (Lipinski definition) is 7. The highest BCUT2D eigenvalue weighted by molar-refractivity contribution is 7.89. The van der Waals surface area contributed by atoms with E-state index in [4.69, 9.17) is 16.7 Å². The Hall–Kier alpha value is -1.78. The van der Waals surface area contributed by atoms with Crippen LogP contribution in [-0.4, -0.2) is 49.2 Å². The zero-order valence-electron chi connectivity index (χ0n) is 10.8. The molecule has 1 aliphatic heterocycles. The van der Waals surface area contributed by atoms with Crippen LogP contribution in [-0.2, 0) is 19.6 Å². The molecule has 114 valence electrons. The lowest BCUT2D eigenvalue weighted by Gasteiger charge is -2.17. The van der Waals surface area contributed by atoms with E-state index in [0.717, 1.165) is 18.2 Å². The van der Waals surface area contributed by atoms with Gasteiger partial charge >= 0.3 is 5.97 Å². The summed E-state index contributed by atoms with van der Waals surface area (Å²) < 4.78 is 27.2. The van der Waals surface area contributed by atoms with Crippen molar-refractivity contribution in [3.8, 4) is 0 Å². The quantitative estimate of drug-likeness (QED) is 0.723. The van der Waals surface area contributed by atoms with Crippen molar-refractivity contribution in [3.63, 3.8) is 0 Å². The molecule has 1 aromatic heterocycles. The second kappa shape index (κ2) is 5.54. The fourth-order valence-corrected chi connectivity index (χ4v) is 2.76. The molecule has 1 unspecified atom stereocenters. The number of esters is 1. The number of halogens is 1. The molecule has 0 radical (unpaired) electrons. The molecule has 0 spiro atoms. The number of sulfonamides is 1. The number of nitrogens with zero attached hydrogens (tertiary/aromatic N) is 3. The smallest absolute Gasteiger partial charge is 0.360 e. The van der Waals surface area contributed by atoms with Crippen molar-refractivity contribution < 1.29 is 22.7 Å². The predicted molar refractivity (Wildman–Crippen MR) is 72.2 cm³/mol. The predicted octanol–water partition coefficient (Wildman–Crippen LogP) is -0.690. The molecule has 0 bridgehead atoms. The molecule has 1 fully saturated rings. The summed E-state index contributed by atoms with van der Waals surface area (Å²) in [5.74, 6) is -1.48. The number of carbonyl (C=O) groups is 2. The molecule has 9 nitrogen and oxygen atoms in total. The van der Waals surface area contributed by atoms with E-state index in [1.165, 1.54) is 0 Å². The summed E-state index contributed by atoms with van der Waals surface area (Å²) in [6.45, 7) is -0.210. The van der Waals surface area contributed by atoms with E-state index < -0.39 is 27.1 Å². The first-order valence-electron chi connectivity index (χ1n) is 5.67. The average molecular weight is 335 g/mol. The molecule has 2 N–H and O–H groups in total. The van der Waals surface area contributed by atoms with Gasteiger partial charge in [0.1, 0.15) is 10.4 Å². The van der Waals surface area contributed by atoms with Gasteiger partial charge in [-0.25, -0.2) is 28.3 Å². The van der Waals surface area contributed by atoms with Gasteiger partial charge in [0.25, 0.3) is 0 Å². The maximum atomic E-state index is 11.9. The van der Waals surface area contributed by atoms with Gasteiger partial charge in [0, 0.05) is 13.0 Å². The molecule has 0 saturated carbocycles. The van der Waals surface area contributed by atoms with Gasteiger partial charge < -0.3 is 4.74 Å². The maximum Gasteiger partial charge on any atom is 0.360 e. The fourth-order valence-electron chi connectivity index (χ4n) is 1.89. The van der Waals surface area contributed by atoms with Crippen LogP contribution in [0.1, 0.15) is 16.9 Å². The van der Waals surface area contributed by atoms with Crippen molar-refractivity contribution in [2.24, 2.45) is 5.14 Å². The number of nitrogens with two attached hydrogens (primary N) is 1.